The van der Waals surface area contributed by atoms with Crippen LogP contribution in [0, 0.1) is 11.6 Å². The van der Waals surface area contributed by atoms with Crippen LogP contribution in [0.2, 0.25) is 0 Å². The highest BCUT2D eigenvalue weighted by atomic mass is 32.2. The zero-order valence-electron chi connectivity index (χ0n) is 10.5. The molecule has 0 saturated carbocycles. The summed E-state index contributed by atoms with van der Waals surface area (Å²) in [5.41, 5.74) is 0. The first-order chi connectivity index (χ1) is 8.71. The summed E-state index contributed by atoms with van der Waals surface area (Å²) < 4.78 is 59.1. The van der Waals surface area contributed by atoms with Crippen molar-refractivity contribution in [2.45, 2.75) is 24.8 Å². The Morgan fingerprint density at radius 1 is 1.26 bits per heavy atom. The average Bonchev–Trinajstić information content (AvgIpc) is 2.24. The molecule has 19 heavy (non-hydrogen) atoms. The molecule has 0 heterocycles. The van der Waals surface area contributed by atoms with Crippen LogP contribution in [-0.2, 0) is 14.8 Å². The number of halogens is 2. The molecule has 0 amide bonds. The molecule has 0 bridgehead atoms. The van der Waals surface area contributed by atoms with Gasteiger partial charge in [0.1, 0.15) is 17.3 Å². The minimum Gasteiger partial charge on any atom is -0.487 e. The largest absolute Gasteiger partial charge is 0.487 e. The standard InChI is InChI=1S/C11H15F2NO4S/c1-7(2)17-3-4-18-11-9(13)5-8(12)6-10(11)19(14,15)16/h5-7H,3-4H2,1-2H3,(H2,14,15,16). The van der Waals surface area contributed by atoms with Crippen molar-refractivity contribution in [2.75, 3.05) is 13.2 Å². The van der Waals surface area contributed by atoms with Gasteiger partial charge in [0.25, 0.3) is 0 Å². The summed E-state index contributed by atoms with van der Waals surface area (Å²) in [6.07, 6.45) is -0.0422. The van der Waals surface area contributed by atoms with Crippen LogP contribution in [0.25, 0.3) is 0 Å². The van der Waals surface area contributed by atoms with E-state index in [2.05, 4.69) is 0 Å². The first-order valence-corrected chi connectivity index (χ1v) is 7.02. The molecule has 1 rings (SSSR count). The Labute approximate surface area is 110 Å². The topological polar surface area (TPSA) is 78.6 Å². The molecule has 0 unspecified atom stereocenters. The van der Waals surface area contributed by atoms with Gasteiger partial charge in [0, 0.05) is 6.07 Å². The smallest absolute Gasteiger partial charge is 0.241 e. The Bertz CT molecular complexity index is 546. The summed E-state index contributed by atoms with van der Waals surface area (Å²) in [7, 11) is -4.28. The van der Waals surface area contributed by atoms with E-state index in [-0.39, 0.29) is 19.3 Å². The molecule has 108 valence electrons. The number of nitrogens with two attached hydrogens (primary N) is 1. The molecule has 0 aliphatic carbocycles. The lowest BCUT2D eigenvalue weighted by atomic mass is 10.3. The Balaban J connectivity index is 2.93. The normalized spacial score (nSPS) is 11.9. The zero-order valence-corrected chi connectivity index (χ0v) is 11.3. The lowest BCUT2D eigenvalue weighted by molar-refractivity contribution is 0.0536. The summed E-state index contributed by atoms with van der Waals surface area (Å²) in [5.74, 6) is -2.78. The molecule has 0 atom stereocenters. The van der Waals surface area contributed by atoms with Gasteiger partial charge in [-0.25, -0.2) is 22.3 Å². The fourth-order valence-corrected chi connectivity index (χ4v) is 2.01. The van der Waals surface area contributed by atoms with Crippen LogP contribution in [0.15, 0.2) is 17.0 Å². The fraction of sp³-hybridized carbons (Fsp3) is 0.455. The van der Waals surface area contributed by atoms with Crippen molar-refractivity contribution in [3.63, 3.8) is 0 Å². The third kappa shape index (κ3) is 4.73. The Hall–Kier alpha value is -1.25. The van der Waals surface area contributed by atoms with Crippen LogP contribution in [-0.4, -0.2) is 27.7 Å². The van der Waals surface area contributed by atoms with Gasteiger partial charge >= 0.3 is 0 Å². The second-order valence-corrected chi connectivity index (χ2v) is 5.56. The number of primary sulfonamides is 1. The third-order valence-electron chi connectivity index (χ3n) is 2.06. The van der Waals surface area contributed by atoms with Gasteiger partial charge in [-0.05, 0) is 19.9 Å². The summed E-state index contributed by atoms with van der Waals surface area (Å²) in [6, 6.07) is 1.13. The third-order valence-corrected chi connectivity index (χ3v) is 2.98. The van der Waals surface area contributed by atoms with Crippen molar-refractivity contribution in [3.05, 3.63) is 23.8 Å². The summed E-state index contributed by atoms with van der Waals surface area (Å²) in [6.45, 7) is 3.66. The van der Waals surface area contributed by atoms with Crippen molar-refractivity contribution in [1.29, 1.82) is 0 Å². The zero-order chi connectivity index (χ0) is 14.6. The fourth-order valence-electron chi connectivity index (χ4n) is 1.32. The SMILES string of the molecule is CC(C)OCCOc1c(F)cc(F)cc1S(N)(=O)=O. The molecule has 8 heteroatoms. The second-order valence-electron chi connectivity index (χ2n) is 4.03. The van der Waals surface area contributed by atoms with Gasteiger partial charge in [-0.3, -0.25) is 0 Å². The van der Waals surface area contributed by atoms with Crippen LogP contribution < -0.4 is 9.88 Å². The summed E-state index contributed by atoms with van der Waals surface area (Å²) in [5, 5.41) is 4.88. The van der Waals surface area contributed by atoms with Crippen molar-refractivity contribution < 1.29 is 26.7 Å². The number of ether oxygens (including phenoxy) is 2. The summed E-state index contributed by atoms with van der Waals surface area (Å²) >= 11 is 0. The number of rotatable bonds is 6. The molecule has 0 spiro atoms. The minimum atomic E-state index is -4.28. The van der Waals surface area contributed by atoms with Gasteiger partial charge in [0.05, 0.1) is 12.7 Å². The maximum atomic E-state index is 13.5. The molecule has 0 fully saturated rings. The first kappa shape index (κ1) is 15.8. The van der Waals surface area contributed by atoms with E-state index in [1.165, 1.54) is 0 Å². The van der Waals surface area contributed by atoms with Gasteiger partial charge in [0.15, 0.2) is 11.6 Å². The van der Waals surface area contributed by atoms with Crippen LogP contribution in [0.1, 0.15) is 13.8 Å². The van der Waals surface area contributed by atoms with Gasteiger partial charge in [-0.2, -0.15) is 0 Å². The average molecular weight is 295 g/mol. The van der Waals surface area contributed by atoms with Crippen molar-refractivity contribution in [3.8, 4) is 5.75 Å². The van der Waals surface area contributed by atoms with Gasteiger partial charge < -0.3 is 9.47 Å². The predicted octanol–water partition coefficient (Wildman–Crippen LogP) is 1.42. The van der Waals surface area contributed by atoms with E-state index in [4.69, 9.17) is 14.6 Å². The molecule has 0 aliphatic rings. The quantitative estimate of drug-likeness (QED) is 0.805. The van der Waals surface area contributed by atoms with Gasteiger partial charge in [-0.15, -0.1) is 0 Å². The second kappa shape index (κ2) is 6.27. The van der Waals surface area contributed by atoms with Crippen LogP contribution >= 0.6 is 0 Å². The molecule has 0 aromatic heterocycles. The highest BCUT2D eigenvalue weighted by Gasteiger charge is 2.21. The van der Waals surface area contributed by atoms with E-state index in [1.54, 1.807) is 13.8 Å². The Morgan fingerprint density at radius 3 is 2.42 bits per heavy atom. The van der Waals surface area contributed by atoms with Crippen LogP contribution in [0.3, 0.4) is 0 Å². The van der Waals surface area contributed by atoms with Crippen LogP contribution in [0.4, 0.5) is 8.78 Å². The molecule has 1 aromatic carbocycles. The van der Waals surface area contributed by atoms with Crippen molar-refractivity contribution in [1.82, 2.24) is 0 Å². The maximum Gasteiger partial charge on any atom is 0.241 e. The van der Waals surface area contributed by atoms with E-state index < -0.39 is 32.3 Å². The molecular weight excluding hydrogens is 280 g/mol. The summed E-state index contributed by atoms with van der Waals surface area (Å²) in [4.78, 5) is -0.727. The molecule has 2 N–H and O–H groups in total. The van der Waals surface area contributed by atoms with E-state index >= 15 is 0 Å². The Kier molecular flexibility index (Phi) is 5.21. The number of sulfonamides is 1. The van der Waals surface area contributed by atoms with Crippen LogP contribution in [0.5, 0.6) is 5.75 Å². The number of hydrogen-bond donors (Lipinski definition) is 1. The van der Waals surface area contributed by atoms with E-state index in [0.29, 0.717) is 12.1 Å². The maximum absolute atomic E-state index is 13.5. The first-order valence-electron chi connectivity index (χ1n) is 5.48. The van der Waals surface area contributed by atoms with Gasteiger partial charge in [-0.1, -0.05) is 0 Å². The molecular formula is C11H15F2NO4S. The number of benzene rings is 1. The highest BCUT2D eigenvalue weighted by molar-refractivity contribution is 7.89. The lowest BCUT2D eigenvalue weighted by Crippen LogP contribution is -2.17. The highest BCUT2D eigenvalue weighted by Crippen LogP contribution is 2.27. The van der Waals surface area contributed by atoms with Gasteiger partial charge in [0.2, 0.25) is 10.0 Å². The lowest BCUT2D eigenvalue weighted by Gasteiger charge is -2.12. The molecule has 0 radical (unpaired) electrons. The number of hydrogen-bond acceptors (Lipinski definition) is 4. The van der Waals surface area contributed by atoms with E-state index in [0.717, 1.165) is 0 Å². The molecule has 5 nitrogen and oxygen atoms in total. The Morgan fingerprint density at radius 2 is 1.89 bits per heavy atom. The monoisotopic (exact) mass is 295 g/mol. The minimum absolute atomic E-state index is 0.0422. The van der Waals surface area contributed by atoms with Crippen molar-refractivity contribution >= 4 is 10.0 Å². The van der Waals surface area contributed by atoms with Crippen molar-refractivity contribution in [2.24, 2.45) is 5.14 Å². The molecule has 0 aliphatic heterocycles. The van der Waals surface area contributed by atoms with E-state index in [9.17, 15) is 17.2 Å². The molecule has 1 aromatic rings. The predicted molar refractivity (Wildman–Crippen MR) is 64.3 cm³/mol. The van der Waals surface area contributed by atoms with E-state index in [1.807, 2.05) is 0 Å². The molecule has 0 saturated heterocycles.